The molecule has 0 bridgehead atoms. The summed E-state index contributed by atoms with van der Waals surface area (Å²) in [6, 6.07) is 21.8. The van der Waals surface area contributed by atoms with Crippen molar-refractivity contribution in [2.24, 2.45) is 0 Å². The largest absolute Gasteiger partial charge is 0.544 e. The fourth-order valence-electron chi connectivity index (χ4n) is 6.37. The van der Waals surface area contributed by atoms with Gasteiger partial charge in [-0.1, -0.05) is 0 Å². The summed E-state index contributed by atoms with van der Waals surface area (Å²) < 4.78 is 10.9. The molecule has 0 aliphatic heterocycles. The molecule has 26 heteroatoms. The van der Waals surface area contributed by atoms with E-state index in [2.05, 4.69) is 41.0 Å². The van der Waals surface area contributed by atoms with Crippen LogP contribution < -0.4 is 20.9 Å². The number of alkyl carbamates (subject to hydrolysis) is 1. The third-order valence-electron chi connectivity index (χ3n) is 10.6. The zero-order valence-electron chi connectivity index (χ0n) is 49.1. The fraction of sp³-hybridized carbons (Fsp3) is 0.333. The van der Waals surface area contributed by atoms with Gasteiger partial charge in [0.25, 0.3) is 0 Å². The quantitative estimate of drug-likeness (QED) is 0.0179. The highest BCUT2D eigenvalue weighted by molar-refractivity contribution is 6.17. The Morgan fingerprint density at radius 1 is 0.640 bits per heavy atom. The van der Waals surface area contributed by atoms with Gasteiger partial charge in [-0.05, 0) is 155 Å². The van der Waals surface area contributed by atoms with Gasteiger partial charge in [0.15, 0.2) is 12.1 Å². The van der Waals surface area contributed by atoms with Gasteiger partial charge in [0, 0.05) is 73.5 Å². The second-order valence-corrected chi connectivity index (χ2v) is 20.3. The molecule has 0 aliphatic carbocycles. The lowest BCUT2D eigenvalue weighted by Crippen LogP contribution is -2.70. The molecule has 0 fully saturated rings. The molecule has 464 valence electrons. The predicted octanol–water partition coefficient (Wildman–Crippen LogP) is 6.97. The van der Waals surface area contributed by atoms with Gasteiger partial charge in [0.05, 0.1) is 64.3 Å². The van der Waals surface area contributed by atoms with Crippen LogP contribution in [0.4, 0.5) is 4.79 Å². The van der Waals surface area contributed by atoms with Crippen molar-refractivity contribution in [3.05, 3.63) is 207 Å². The van der Waals surface area contributed by atoms with Gasteiger partial charge in [-0.2, -0.15) is 0 Å². The number of ether oxygens (including phenoxy) is 2. The maximum atomic E-state index is 11.7. The molecule has 1 amide bonds. The van der Waals surface area contributed by atoms with Crippen LogP contribution in [0.3, 0.4) is 0 Å². The number of hydrogen-bond acceptors (Lipinski definition) is 18. The SMILES string of the molecule is CC(=O)OCc1cc(C)ccn1.CC(C)(C)OC(=O)NC(C(=O)O)C(O)c1ccnc(CCl)c1.Cc1cc[n+](O)c(C)c1.Cc1ccnc(CCl)c1.Cc1ccnc(CO)c1.O=Cc1ccnc(CCl)c1.[NH3+]C(C(=O)[O-])C(O)c1ccnc(CCl)c1. The topological polar surface area (TPSA) is 349 Å². The number of halogens is 4. The molecule has 0 radical (unpaired) electrons. The highest BCUT2D eigenvalue weighted by atomic mass is 35.5. The molecular weight excluding hydrogens is 1200 g/mol. The average Bonchev–Trinajstić information content (AvgIpc) is 3.63. The van der Waals surface area contributed by atoms with Crippen molar-refractivity contribution in [2.75, 3.05) is 0 Å². The van der Waals surface area contributed by atoms with E-state index in [0.29, 0.717) is 34.3 Å². The number of aliphatic hydroxyl groups excluding tert-OH is 3. The minimum Gasteiger partial charge on any atom is -0.544 e. The summed E-state index contributed by atoms with van der Waals surface area (Å²) in [5.41, 5.74) is 13.6. The van der Waals surface area contributed by atoms with Crippen LogP contribution in [0, 0.1) is 34.6 Å². The predicted molar refractivity (Wildman–Crippen MR) is 320 cm³/mol. The van der Waals surface area contributed by atoms with E-state index < -0.39 is 47.9 Å². The molecule has 0 saturated carbocycles. The van der Waals surface area contributed by atoms with Gasteiger partial charge in [0.1, 0.15) is 36.7 Å². The van der Waals surface area contributed by atoms with Crippen molar-refractivity contribution in [1.29, 1.82) is 0 Å². The Hall–Kier alpha value is -7.80. The molecule has 0 aliphatic rings. The molecule has 7 aromatic heterocycles. The number of quaternary nitrogens is 1. The van der Waals surface area contributed by atoms with Gasteiger partial charge in [0.2, 0.25) is 11.9 Å². The van der Waals surface area contributed by atoms with Gasteiger partial charge in [-0.3, -0.25) is 44.7 Å². The zero-order chi connectivity index (χ0) is 64.9. The second kappa shape index (κ2) is 41.3. The second-order valence-electron chi connectivity index (χ2n) is 19.3. The Labute approximate surface area is 520 Å². The first-order valence-electron chi connectivity index (χ1n) is 25.9. The van der Waals surface area contributed by atoms with Crippen LogP contribution in [0.15, 0.2) is 128 Å². The zero-order valence-corrected chi connectivity index (χ0v) is 52.1. The number of pyridine rings is 7. The van der Waals surface area contributed by atoms with E-state index in [0.717, 1.165) is 56.2 Å². The molecule has 9 N–H and O–H groups in total. The van der Waals surface area contributed by atoms with Gasteiger partial charge < -0.3 is 50.9 Å². The van der Waals surface area contributed by atoms with Crippen molar-refractivity contribution in [3.8, 4) is 0 Å². The third-order valence-corrected chi connectivity index (χ3v) is 11.7. The van der Waals surface area contributed by atoms with Gasteiger partial charge >= 0.3 is 18.0 Å². The molecule has 0 aromatic carbocycles. The number of rotatable bonds is 15. The number of nitrogens with one attached hydrogen (secondary N) is 1. The number of aryl methyl sites for hydroxylation is 5. The highest BCUT2D eigenvalue weighted by Crippen LogP contribution is 2.20. The maximum Gasteiger partial charge on any atom is 0.408 e. The Kier molecular flexibility index (Phi) is 36.6. The normalized spacial score (nSPS) is 11.5. The van der Waals surface area contributed by atoms with Gasteiger partial charge in [-0.25, -0.2) is 9.59 Å². The van der Waals surface area contributed by atoms with E-state index in [9.17, 15) is 44.4 Å². The summed E-state index contributed by atoms with van der Waals surface area (Å²) >= 11 is 22.2. The smallest absolute Gasteiger partial charge is 0.408 e. The summed E-state index contributed by atoms with van der Waals surface area (Å²) in [5.74, 6) is -1.89. The Balaban J connectivity index is 0.000000516. The Morgan fingerprint density at radius 3 is 1.43 bits per heavy atom. The van der Waals surface area contributed by atoms with E-state index >= 15 is 0 Å². The number of carbonyl (C=O) groups excluding carboxylic acids is 4. The molecule has 0 saturated heterocycles. The number of aromatic nitrogens is 7. The standard InChI is InChI=1S/C14H19ClN2O5.C9H11ClN2O3.C9H11NO2.C7H6ClNO.C7H8ClN.C7H10NO.C7H9NO/c1-14(2,3)22-13(21)17-10(12(19)20)11(18)8-4-5-16-9(6-8)7-15;10-4-6-3-5(1-2-12-6)8(13)7(11)9(14)15;1-7-3-4-10-9(5-7)6-12-8(2)11;8-4-7-3-6(5-10)1-2-9-7;1-6-2-3-9-7(4-6)5-8;1-6-3-4-8(9)7(2)5-6;1-6-2-3-8-7(4-6)5-9/h4-6,10-11,18H,7H2,1-3H3,(H,17,21)(H,19,20);1-3,7-8,13H,4,11H2,(H,14,15);3-5H,6H2,1-2H3;1-3,5H,4H2;2-4H,5H2,1H3;3-5,9H,1-2H3;2-4,9H,5H2,1H3/q;;;;;+1;. The van der Waals surface area contributed by atoms with Crippen LogP contribution in [0.2, 0.25) is 0 Å². The molecule has 7 aromatic rings. The van der Waals surface area contributed by atoms with E-state index in [4.69, 9.17) is 66.2 Å². The van der Waals surface area contributed by atoms with Crippen molar-refractivity contribution in [3.63, 3.8) is 0 Å². The third kappa shape index (κ3) is 32.5. The number of nitrogens with zero attached hydrogens (tertiary/aromatic N) is 7. The minimum atomic E-state index is -1.56. The van der Waals surface area contributed by atoms with E-state index in [1.54, 1.807) is 70.0 Å². The lowest BCUT2D eigenvalue weighted by Gasteiger charge is -2.24. The summed E-state index contributed by atoms with van der Waals surface area (Å²) in [6.45, 7) is 16.4. The number of aldehydes is 1. The van der Waals surface area contributed by atoms with Crippen molar-refractivity contribution in [2.45, 2.75) is 129 Å². The van der Waals surface area contributed by atoms with Crippen molar-refractivity contribution in [1.82, 2.24) is 35.2 Å². The highest BCUT2D eigenvalue weighted by Gasteiger charge is 2.31. The van der Waals surface area contributed by atoms with E-state index in [1.807, 2.05) is 83.1 Å². The summed E-state index contributed by atoms with van der Waals surface area (Å²) in [6.07, 6.45) is 8.41. The molecule has 0 spiro atoms. The first-order valence-corrected chi connectivity index (χ1v) is 28.1. The van der Waals surface area contributed by atoms with E-state index in [1.165, 1.54) is 43.1 Å². The Morgan fingerprint density at radius 2 is 1.05 bits per heavy atom. The van der Waals surface area contributed by atoms with Crippen LogP contribution in [0.5, 0.6) is 0 Å². The van der Waals surface area contributed by atoms with Crippen molar-refractivity contribution < 1.29 is 74.7 Å². The van der Waals surface area contributed by atoms with Gasteiger partial charge in [-0.15, -0.1) is 46.4 Å². The Bertz CT molecular complexity index is 3150. The number of alkyl halides is 4. The molecule has 22 nitrogen and oxygen atoms in total. The number of aliphatic hydroxyl groups is 3. The number of amides is 1. The van der Waals surface area contributed by atoms with Crippen molar-refractivity contribution >= 4 is 76.7 Å². The van der Waals surface area contributed by atoms with Crippen LogP contribution in [-0.2, 0) is 60.6 Å². The monoisotopic (exact) mass is 1270 g/mol. The molecule has 4 unspecified atom stereocenters. The summed E-state index contributed by atoms with van der Waals surface area (Å²) in [4.78, 5) is 77.9. The minimum absolute atomic E-state index is 0.0294. The van der Waals surface area contributed by atoms with Crippen LogP contribution in [0.1, 0.15) is 123 Å². The first kappa shape index (κ1) is 76.2. The lowest BCUT2D eigenvalue weighted by molar-refractivity contribution is -0.908. The number of hydrogen-bond donors (Lipinski definition) is 7. The molecule has 86 heavy (non-hydrogen) atoms. The lowest BCUT2D eigenvalue weighted by atomic mass is 10.0. The molecular formula is C60H74Cl4N9O13+. The van der Waals surface area contributed by atoms with Crippen LogP contribution in [0.25, 0.3) is 0 Å². The molecule has 7 heterocycles. The van der Waals surface area contributed by atoms with Crippen LogP contribution in [-0.4, -0.2) is 104 Å². The number of aliphatic carboxylic acids is 2. The number of carbonyl (C=O) groups is 5. The molecule has 7 rings (SSSR count). The summed E-state index contributed by atoms with van der Waals surface area (Å²) in [7, 11) is 0. The van der Waals surface area contributed by atoms with Crippen LogP contribution >= 0.6 is 46.4 Å². The number of esters is 1. The average molecular weight is 1270 g/mol. The first-order chi connectivity index (χ1) is 40.6. The van der Waals surface area contributed by atoms with E-state index in [-0.39, 0.29) is 36.5 Å². The number of carboxylic acids is 2. The maximum absolute atomic E-state index is 11.7. The molecule has 4 atom stereocenters. The fourth-order valence-corrected chi connectivity index (χ4v) is 6.96. The summed E-state index contributed by atoms with van der Waals surface area (Å²) in [5, 5.41) is 59.2. The number of carboxylic acid groups (broad SMARTS) is 2.